The van der Waals surface area contributed by atoms with Crippen molar-refractivity contribution in [1.29, 1.82) is 0 Å². The molecule has 90 valence electrons. The van der Waals surface area contributed by atoms with Crippen molar-refractivity contribution in [3.8, 4) is 0 Å². The molecule has 1 fully saturated rings. The smallest absolute Gasteiger partial charge is 0.107 e. The summed E-state index contributed by atoms with van der Waals surface area (Å²) in [6.45, 7) is 6.70. The van der Waals surface area contributed by atoms with Gasteiger partial charge in [0, 0.05) is 24.7 Å². The zero-order valence-electron chi connectivity index (χ0n) is 9.72. The van der Waals surface area contributed by atoms with Gasteiger partial charge in [-0.3, -0.25) is 4.90 Å². The van der Waals surface area contributed by atoms with E-state index in [1.54, 1.807) is 11.3 Å². The van der Waals surface area contributed by atoms with E-state index in [1.807, 2.05) is 11.6 Å². The Morgan fingerprint density at radius 3 is 3.12 bits per heavy atom. The molecule has 0 aliphatic carbocycles. The van der Waals surface area contributed by atoms with E-state index < -0.39 is 0 Å². The molecule has 5 heteroatoms. The first-order valence-electron chi connectivity index (χ1n) is 5.48. The Bertz CT molecular complexity index is 327. The number of aliphatic hydroxyl groups excluding tert-OH is 1. The van der Waals surface area contributed by atoms with Crippen molar-refractivity contribution in [3.05, 3.63) is 16.6 Å². The van der Waals surface area contributed by atoms with E-state index in [1.165, 1.54) is 0 Å². The van der Waals surface area contributed by atoms with Gasteiger partial charge in [0.2, 0.25) is 0 Å². The highest BCUT2D eigenvalue weighted by Gasteiger charge is 2.33. The Kier molecular flexibility index (Phi) is 3.59. The van der Waals surface area contributed by atoms with Gasteiger partial charge in [0.05, 0.1) is 24.9 Å². The second kappa shape index (κ2) is 4.79. The molecule has 1 aromatic heterocycles. The van der Waals surface area contributed by atoms with E-state index in [9.17, 15) is 5.11 Å². The number of hydrogen-bond donors (Lipinski definition) is 1. The predicted molar refractivity (Wildman–Crippen MR) is 63.4 cm³/mol. The van der Waals surface area contributed by atoms with Gasteiger partial charge in [-0.15, -0.1) is 11.3 Å². The molecule has 2 heterocycles. The molecular weight excluding hydrogens is 224 g/mol. The number of rotatable bonds is 3. The van der Waals surface area contributed by atoms with E-state index >= 15 is 0 Å². The maximum atomic E-state index is 9.20. The molecule has 0 bridgehead atoms. The van der Waals surface area contributed by atoms with Crippen LogP contribution in [0.25, 0.3) is 0 Å². The van der Waals surface area contributed by atoms with Gasteiger partial charge < -0.3 is 9.84 Å². The zero-order chi connectivity index (χ0) is 11.6. The van der Waals surface area contributed by atoms with Gasteiger partial charge in [0.25, 0.3) is 0 Å². The Hall–Kier alpha value is -0.490. The average molecular weight is 242 g/mol. The van der Waals surface area contributed by atoms with E-state index in [2.05, 4.69) is 23.7 Å². The highest BCUT2D eigenvalue weighted by molar-refractivity contribution is 7.09. The first kappa shape index (κ1) is 12.0. The van der Waals surface area contributed by atoms with Crippen LogP contribution >= 0.6 is 11.3 Å². The van der Waals surface area contributed by atoms with Crippen LogP contribution in [0.15, 0.2) is 11.6 Å². The number of nitrogens with zero attached hydrogens (tertiary/aromatic N) is 2. The van der Waals surface area contributed by atoms with E-state index in [4.69, 9.17) is 4.74 Å². The van der Waals surface area contributed by atoms with Gasteiger partial charge in [0.15, 0.2) is 0 Å². The fraction of sp³-hybridized carbons (Fsp3) is 0.727. The number of morpholine rings is 1. The predicted octanol–water partition coefficient (Wildman–Crippen LogP) is 1.11. The molecule has 1 N–H and O–H groups in total. The molecule has 0 amide bonds. The molecule has 0 aromatic carbocycles. The molecular formula is C11H18N2O2S. The van der Waals surface area contributed by atoms with Crippen LogP contribution in [0.1, 0.15) is 18.9 Å². The van der Waals surface area contributed by atoms with Gasteiger partial charge in [-0.2, -0.15) is 0 Å². The van der Waals surface area contributed by atoms with E-state index in [-0.39, 0.29) is 18.3 Å². The van der Waals surface area contributed by atoms with Crippen LogP contribution in [-0.4, -0.2) is 46.4 Å². The monoisotopic (exact) mass is 242 g/mol. The summed E-state index contributed by atoms with van der Waals surface area (Å²) in [5, 5.41) is 12.3. The number of hydrogen-bond acceptors (Lipinski definition) is 5. The van der Waals surface area contributed by atoms with Crippen LogP contribution in [0.2, 0.25) is 0 Å². The van der Waals surface area contributed by atoms with Crippen LogP contribution in [0.4, 0.5) is 0 Å². The SMILES string of the molecule is CC1(C)CN(Cc2nccs2)CC(CO)O1. The van der Waals surface area contributed by atoms with Crippen LogP contribution in [0.5, 0.6) is 0 Å². The Morgan fingerprint density at radius 2 is 2.50 bits per heavy atom. The number of aromatic nitrogens is 1. The molecule has 16 heavy (non-hydrogen) atoms. The standard InChI is InChI=1S/C11H18N2O2S/c1-11(2)8-13(5-9(7-14)15-11)6-10-12-3-4-16-10/h3-4,9,14H,5-8H2,1-2H3. The lowest BCUT2D eigenvalue weighted by Gasteiger charge is -2.42. The average Bonchev–Trinajstić information content (AvgIpc) is 2.67. The Labute approximate surface area is 99.9 Å². The Balaban J connectivity index is 1.99. The summed E-state index contributed by atoms with van der Waals surface area (Å²) in [5.74, 6) is 0. The van der Waals surface area contributed by atoms with Crippen LogP contribution in [0, 0.1) is 0 Å². The molecule has 2 rings (SSSR count). The van der Waals surface area contributed by atoms with Crippen molar-refractivity contribution in [1.82, 2.24) is 9.88 Å². The minimum Gasteiger partial charge on any atom is -0.394 e. The van der Waals surface area contributed by atoms with Gasteiger partial charge >= 0.3 is 0 Å². The molecule has 0 radical (unpaired) electrons. The highest BCUT2D eigenvalue weighted by atomic mass is 32.1. The Morgan fingerprint density at radius 1 is 1.69 bits per heavy atom. The molecule has 1 aliphatic rings. The first-order chi connectivity index (χ1) is 7.59. The van der Waals surface area contributed by atoms with E-state index in [0.29, 0.717) is 0 Å². The maximum absolute atomic E-state index is 9.20. The van der Waals surface area contributed by atoms with Gasteiger partial charge in [0.1, 0.15) is 5.01 Å². The summed E-state index contributed by atoms with van der Waals surface area (Å²) in [6, 6.07) is 0. The minimum atomic E-state index is -0.192. The molecule has 1 atom stereocenters. The highest BCUT2D eigenvalue weighted by Crippen LogP contribution is 2.22. The first-order valence-corrected chi connectivity index (χ1v) is 6.36. The summed E-state index contributed by atoms with van der Waals surface area (Å²) < 4.78 is 5.76. The molecule has 4 nitrogen and oxygen atoms in total. The third kappa shape index (κ3) is 3.01. The molecule has 1 aliphatic heterocycles. The van der Waals surface area contributed by atoms with Crippen LogP contribution < -0.4 is 0 Å². The lowest BCUT2D eigenvalue weighted by Crippen LogP contribution is -2.53. The zero-order valence-corrected chi connectivity index (χ0v) is 10.5. The summed E-state index contributed by atoms with van der Waals surface area (Å²) in [7, 11) is 0. The lowest BCUT2D eigenvalue weighted by atomic mass is 10.1. The molecule has 0 saturated carbocycles. The number of thiazole rings is 1. The van der Waals surface area contributed by atoms with Crippen molar-refractivity contribution in [2.24, 2.45) is 0 Å². The van der Waals surface area contributed by atoms with Crippen molar-refractivity contribution in [2.75, 3.05) is 19.7 Å². The van der Waals surface area contributed by atoms with Gasteiger partial charge in [-0.1, -0.05) is 0 Å². The van der Waals surface area contributed by atoms with Crippen LogP contribution in [0.3, 0.4) is 0 Å². The number of aliphatic hydroxyl groups is 1. The minimum absolute atomic E-state index is 0.0799. The van der Waals surface area contributed by atoms with Crippen molar-refractivity contribution in [2.45, 2.75) is 32.1 Å². The van der Waals surface area contributed by atoms with Crippen molar-refractivity contribution < 1.29 is 9.84 Å². The lowest BCUT2D eigenvalue weighted by molar-refractivity contribution is -0.150. The molecule has 1 saturated heterocycles. The molecule has 0 spiro atoms. The van der Waals surface area contributed by atoms with Gasteiger partial charge in [-0.05, 0) is 13.8 Å². The normalized spacial score (nSPS) is 25.8. The summed E-state index contributed by atoms with van der Waals surface area (Å²) in [5.41, 5.74) is -0.192. The molecule has 1 aromatic rings. The quantitative estimate of drug-likeness (QED) is 0.862. The summed E-state index contributed by atoms with van der Waals surface area (Å²) in [4.78, 5) is 6.58. The summed E-state index contributed by atoms with van der Waals surface area (Å²) >= 11 is 1.67. The van der Waals surface area contributed by atoms with Crippen molar-refractivity contribution >= 4 is 11.3 Å². The second-order valence-corrected chi connectivity index (χ2v) is 5.76. The number of ether oxygens (including phenoxy) is 1. The third-order valence-electron chi connectivity index (χ3n) is 2.60. The summed E-state index contributed by atoms with van der Waals surface area (Å²) in [6.07, 6.45) is 1.75. The van der Waals surface area contributed by atoms with Gasteiger partial charge in [-0.25, -0.2) is 4.98 Å². The maximum Gasteiger partial charge on any atom is 0.107 e. The fourth-order valence-corrected chi connectivity index (χ4v) is 2.81. The topological polar surface area (TPSA) is 45.6 Å². The third-order valence-corrected chi connectivity index (χ3v) is 3.36. The molecule has 1 unspecified atom stereocenters. The van der Waals surface area contributed by atoms with Crippen molar-refractivity contribution in [3.63, 3.8) is 0 Å². The second-order valence-electron chi connectivity index (χ2n) is 4.78. The largest absolute Gasteiger partial charge is 0.394 e. The fourth-order valence-electron chi connectivity index (χ4n) is 2.15. The van der Waals surface area contributed by atoms with E-state index in [0.717, 1.165) is 24.6 Å². The van der Waals surface area contributed by atoms with Crippen LogP contribution in [-0.2, 0) is 11.3 Å².